The lowest BCUT2D eigenvalue weighted by molar-refractivity contribution is 0.276. The van der Waals surface area contributed by atoms with Crippen molar-refractivity contribution in [2.75, 3.05) is 0 Å². The Labute approximate surface area is 77.7 Å². The van der Waals surface area contributed by atoms with Crippen LogP contribution in [0.1, 0.15) is 12.5 Å². The molecule has 0 aliphatic rings. The van der Waals surface area contributed by atoms with Gasteiger partial charge in [-0.05, 0) is 24.6 Å². The summed E-state index contributed by atoms with van der Waals surface area (Å²) in [6, 6.07) is 9.43. The average Bonchev–Trinajstić information content (AvgIpc) is 2.18. The summed E-state index contributed by atoms with van der Waals surface area (Å²) in [5.41, 5.74) is 6.46. The quantitative estimate of drug-likeness (QED) is 0.758. The van der Waals surface area contributed by atoms with Gasteiger partial charge in [-0.1, -0.05) is 12.1 Å². The van der Waals surface area contributed by atoms with E-state index in [4.69, 9.17) is 15.7 Å². The van der Waals surface area contributed by atoms with Crippen molar-refractivity contribution in [3.8, 4) is 11.8 Å². The van der Waals surface area contributed by atoms with E-state index in [0.29, 0.717) is 12.3 Å². The molecule has 0 saturated carbocycles. The van der Waals surface area contributed by atoms with Gasteiger partial charge in [0.15, 0.2) is 6.10 Å². The van der Waals surface area contributed by atoms with E-state index >= 15 is 0 Å². The van der Waals surface area contributed by atoms with Crippen LogP contribution in [0.15, 0.2) is 24.3 Å². The second-order valence-corrected chi connectivity index (χ2v) is 2.74. The monoisotopic (exact) mass is 176 g/mol. The molecule has 1 aromatic carbocycles. The summed E-state index contributed by atoms with van der Waals surface area (Å²) in [6.07, 6.45) is -0.423. The fourth-order valence-corrected chi connectivity index (χ4v) is 0.976. The van der Waals surface area contributed by atoms with E-state index < -0.39 is 6.10 Å². The minimum atomic E-state index is -0.423. The molecule has 0 amide bonds. The van der Waals surface area contributed by atoms with Gasteiger partial charge >= 0.3 is 0 Å². The Morgan fingerprint density at radius 1 is 1.62 bits per heavy atom. The van der Waals surface area contributed by atoms with Crippen molar-refractivity contribution in [1.82, 2.24) is 0 Å². The number of benzene rings is 1. The molecule has 0 aliphatic heterocycles. The molecule has 0 aromatic heterocycles. The van der Waals surface area contributed by atoms with Crippen LogP contribution in [-0.4, -0.2) is 6.10 Å². The molecular weight excluding hydrogens is 164 g/mol. The van der Waals surface area contributed by atoms with Crippen LogP contribution in [0.2, 0.25) is 0 Å². The highest BCUT2D eigenvalue weighted by molar-refractivity contribution is 5.28. The maximum atomic E-state index is 8.52. The molecule has 2 N–H and O–H groups in total. The third-order valence-corrected chi connectivity index (χ3v) is 1.63. The van der Waals surface area contributed by atoms with E-state index in [1.165, 1.54) is 0 Å². The largest absolute Gasteiger partial charge is 0.476 e. The molecule has 0 heterocycles. The molecule has 3 nitrogen and oxygen atoms in total. The smallest absolute Gasteiger partial charge is 0.181 e. The van der Waals surface area contributed by atoms with E-state index in [-0.39, 0.29) is 0 Å². The van der Waals surface area contributed by atoms with Gasteiger partial charge in [0, 0.05) is 6.54 Å². The first-order chi connectivity index (χ1) is 6.26. The fourth-order valence-electron chi connectivity index (χ4n) is 0.976. The van der Waals surface area contributed by atoms with Gasteiger partial charge in [-0.25, -0.2) is 0 Å². The van der Waals surface area contributed by atoms with Crippen molar-refractivity contribution < 1.29 is 4.74 Å². The predicted molar refractivity (Wildman–Crippen MR) is 50.0 cm³/mol. The minimum Gasteiger partial charge on any atom is -0.476 e. The Morgan fingerprint density at radius 2 is 2.38 bits per heavy atom. The standard InChI is InChI=1S/C10H12N2O/c1-8(6-11)13-10-4-2-3-9(5-10)7-12/h2-5,8H,7,12H2,1H3. The lowest BCUT2D eigenvalue weighted by Gasteiger charge is -2.08. The van der Waals surface area contributed by atoms with E-state index in [9.17, 15) is 0 Å². The van der Waals surface area contributed by atoms with Crippen LogP contribution >= 0.6 is 0 Å². The van der Waals surface area contributed by atoms with Crippen molar-refractivity contribution in [2.45, 2.75) is 19.6 Å². The molecule has 0 bridgehead atoms. The van der Waals surface area contributed by atoms with E-state index in [1.807, 2.05) is 30.3 Å². The van der Waals surface area contributed by atoms with Crippen molar-refractivity contribution in [1.29, 1.82) is 5.26 Å². The Kier molecular flexibility index (Phi) is 3.30. The summed E-state index contributed by atoms with van der Waals surface area (Å²) in [6.45, 7) is 2.19. The molecule has 0 spiro atoms. The van der Waals surface area contributed by atoms with Gasteiger partial charge in [-0.2, -0.15) is 5.26 Å². The van der Waals surface area contributed by atoms with Crippen LogP contribution in [0.5, 0.6) is 5.75 Å². The molecule has 13 heavy (non-hydrogen) atoms. The highest BCUT2D eigenvalue weighted by atomic mass is 16.5. The maximum Gasteiger partial charge on any atom is 0.181 e. The molecule has 1 aromatic rings. The van der Waals surface area contributed by atoms with Gasteiger partial charge in [0.05, 0.1) is 0 Å². The highest BCUT2D eigenvalue weighted by Gasteiger charge is 2.01. The van der Waals surface area contributed by atoms with Crippen molar-refractivity contribution >= 4 is 0 Å². The first-order valence-corrected chi connectivity index (χ1v) is 4.11. The second-order valence-electron chi connectivity index (χ2n) is 2.74. The van der Waals surface area contributed by atoms with Crippen molar-refractivity contribution in [3.05, 3.63) is 29.8 Å². The minimum absolute atomic E-state index is 0.423. The van der Waals surface area contributed by atoms with Gasteiger partial charge in [0.25, 0.3) is 0 Å². The Balaban J connectivity index is 2.73. The Morgan fingerprint density at radius 3 is 3.00 bits per heavy atom. The first-order valence-electron chi connectivity index (χ1n) is 4.11. The topological polar surface area (TPSA) is 59.0 Å². The number of hydrogen-bond donors (Lipinski definition) is 1. The normalized spacial score (nSPS) is 11.8. The third kappa shape index (κ3) is 2.77. The number of rotatable bonds is 3. The fraction of sp³-hybridized carbons (Fsp3) is 0.300. The van der Waals surface area contributed by atoms with E-state index in [1.54, 1.807) is 6.92 Å². The van der Waals surface area contributed by atoms with Gasteiger partial charge in [-0.15, -0.1) is 0 Å². The Hall–Kier alpha value is -1.53. The van der Waals surface area contributed by atoms with E-state index in [0.717, 1.165) is 5.56 Å². The molecule has 1 unspecified atom stereocenters. The zero-order valence-electron chi connectivity index (χ0n) is 7.53. The summed E-state index contributed by atoms with van der Waals surface area (Å²) in [4.78, 5) is 0. The second kappa shape index (κ2) is 4.48. The summed E-state index contributed by atoms with van der Waals surface area (Å²) in [5, 5.41) is 8.52. The zero-order chi connectivity index (χ0) is 9.68. The van der Waals surface area contributed by atoms with Crippen molar-refractivity contribution in [3.63, 3.8) is 0 Å². The third-order valence-electron chi connectivity index (χ3n) is 1.63. The molecule has 3 heteroatoms. The van der Waals surface area contributed by atoms with Gasteiger partial charge < -0.3 is 10.5 Å². The van der Waals surface area contributed by atoms with Gasteiger partial charge in [0.2, 0.25) is 0 Å². The molecule has 0 saturated heterocycles. The molecule has 0 fully saturated rings. The average molecular weight is 176 g/mol. The first kappa shape index (κ1) is 9.56. The highest BCUT2D eigenvalue weighted by Crippen LogP contribution is 2.14. The van der Waals surface area contributed by atoms with Crippen LogP contribution in [0.25, 0.3) is 0 Å². The lowest BCUT2D eigenvalue weighted by Crippen LogP contribution is -2.08. The number of hydrogen-bond acceptors (Lipinski definition) is 3. The zero-order valence-corrected chi connectivity index (χ0v) is 7.53. The van der Waals surface area contributed by atoms with Crippen LogP contribution in [0.3, 0.4) is 0 Å². The van der Waals surface area contributed by atoms with Gasteiger partial charge in [0.1, 0.15) is 11.8 Å². The molecule has 0 radical (unpaired) electrons. The molecule has 68 valence electrons. The van der Waals surface area contributed by atoms with Crippen LogP contribution in [0.4, 0.5) is 0 Å². The maximum absolute atomic E-state index is 8.52. The molecular formula is C10H12N2O. The Bertz CT molecular complexity index is 317. The predicted octanol–water partition coefficient (Wildman–Crippen LogP) is 1.44. The number of nitriles is 1. The SMILES string of the molecule is CC(C#N)Oc1cccc(CN)c1. The molecule has 1 rings (SSSR count). The van der Waals surface area contributed by atoms with Crippen LogP contribution in [0, 0.1) is 11.3 Å². The molecule has 0 aliphatic carbocycles. The van der Waals surface area contributed by atoms with Crippen LogP contribution < -0.4 is 10.5 Å². The summed E-state index contributed by atoms with van der Waals surface area (Å²) < 4.78 is 5.29. The summed E-state index contributed by atoms with van der Waals surface area (Å²) in [5.74, 6) is 0.692. The molecule has 1 atom stereocenters. The van der Waals surface area contributed by atoms with Gasteiger partial charge in [-0.3, -0.25) is 0 Å². The van der Waals surface area contributed by atoms with Crippen molar-refractivity contribution in [2.24, 2.45) is 5.73 Å². The summed E-state index contributed by atoms with van der Waals surface area (Å²) in [7, 11) is 0. The lowest BCUT2D eigenvalue weighted by atomic mass is 10.2. The van der Waals surface area contributed by atoms with E-state index in [2.05, 4.69) is 0 Å². The van der Waals surface area contributed by atoms with Crippen LogP contribution in [-0.2, 0) is 6.54 Å². The summed E-state index contributed by atoms with van der Waals surface area (Å²) >= 11 is 0. The number of nitrogens with two attached hydrogens (primary N) is 1. The number of ether oxygens (including phenoxy) is 1. The number of nitrogens with zero attached hydrogens (tertiary/aromatic N) is 1.